The van der Waals surface area contributed by atoms with Crippen LogP contribution in [-0.4, -0.2) is 6.21 Å². The second kappa shape index (κ2) is 4.74. The number of allylic oxidation sites excluding steroid dienone is 4. The van der Waals surface area contributed by atoms with Crippen LogP contribution in [0.2, 0.25) is 0 Å². The third-order valence-corrected chi connectivity index (χ3v) is 0.957. The Labute approximate surface area is 62.3 Å². The fourth-order valence-corrected chi connectivity index (χ4v) is 0.631. The average Bonchev–Trinajstić information content (AvgIpc) is 1.82. The molecule has 0 amide bonds. The Morgan fingerprint density at radius 3 is 2.50 bits per heavy atom. The van der Waals surface area contributed by atoms with E-state index in [0.717, 1.165) is 17.6 Å². The Morgan fingerprint density at radius 1 is 1.50 bits per heavy atom. The van der Waals surface area contributed by atoms with Gasteiger partial charge in [-0.3, -0.25) is 0 Å². The molecule has 0 aliphatic carbocycles. The molecule has 0 fully saturated rings. The molecule has 0 heterocycles. The summed E-state index contributed by atoms with van der Waals surface area (Å²) in [5, 5.41) is 6.70. The van der Waals surface area contributed by atoms with Crippen LogP contribution in [-0.2, 0) is 0 Å². The third kappa shape index (κ3) is 5.04. The average molecular weight is 135 g/mol. The zero-order chi connectivity index (χ0) is 7.98. The molecule has 0 aliphatic heterocycles. The first-order valence-corrected chi connectivity index (χ1v) is 3.16. The van der Waals surface area contributed by atoms with Crippen LogP contribution in [0.4, 0.5) is 0 Å². The van der Waals surface area contributed by atoms with Gasteiger partial charge in [-0.25, -0.2) is 0 Å². The molecule has 10 heavy (non-hydrogen) atoms. The zero-order valence-electron chi connectivity index (χ0n) is 6.35. The number of hydrogen-bond acceptors (Lipinski definition) is 1. The molecule has 0 atom stereocenters. The van der Waals surface area contributed by atoms with Crippen molar-refractivity contribution in [2.24, 2.45) is 0 Å². The van der Waals surface area contributed by atoms with E-state index in [1.807, 2.05) is 13.0 Å². The molecular weight excluding hydrogens is 122 g/mol. The number of rotatable bonds is 4. The summed E-state index contributed by atoms with van der Waals surface area (Å²) in [5.41, 5.74) is 2.09. The lowest BCUT2D eigenvalue weighted by Gasteiger charge is -1.95. The van der Waals surface area contributed by atoms with Gasteiger partial charge in [0.05, 0.1) is 0 Å². The Bertz CT molecular complexity index is 175. The van der Waals surface area contributed by atoms with Crippen molar-refractivity contribution in [1.82, 2.24) is 0 Å². The van der Waals surface area contributed by atoms with Gasteiger partial charge in [0.25, 0.3) is 0 Å². The SMILES string of the molecule is C=C(C)CC(=C)/C=C\C=N. The molecule has 0 bridgehead atoms. The minimum atomic E-state index is 0.824. The van der Waals surface area contributed by atoms with E-state index >= 15 is 0 Å². The highest BCUT2D eigenvalue weighted by Gasteiger charge is 1.86. The Hall–Kier alpha value is -1.11. The lowest BCUT2D eigenvalue weighted by Crippen LogP contribution is -1.76. The highest BCUT2D eigenvalue weighted by Crippen LogP contribution is 2.06. The predicted octanol–water partition coefficient (Wildman–Crippen LogP) is 2.71. The van der Waals surface area contributed by atoms with Crippen LogP contribution < -0.4 is 0 Å². The molecule has 0 unspecified atom stereocenters. The van der Waals surface area contributed by atoms with Crippen LogP contribution in [0.25, 0.3) is 0 Å². The summed E-state index contributed by atoms with van der Waals surface area (Å²) in [5.74, 6) is 0. The van der Waals surface area contributed by atoms with Gasteiger partial charge in [-0.05, 0) is 19.4 Å². The molecule has 0 aromatic heterocycles. The fourth-order valence-electron chi connectivity index (χ4n) is 0.631. The van der Waals surface area contributed by atoms with Gasteiger partial charge in [-0.2, -0.15) is 0 Å². The van der Waals surface area contributed by atoms with E-state index in [1.54, 1.807) is 6.08 Å². The standard InChI is InChI=1S/C9H13N/c1-8(2)7-9(3)5-4-6-10/h4-6,10H,1,3,7H2,2H3/b5-4-,10-6?. The van der Waals surface area contributed by atoms with E-state index in [2.05, 4.69) is 13.2 Å². The first-order valence-electron chi connectivity index (χ1n) is 3.16. The number of hydrogen-bond donors (Lipinski definition) is 1. The summed E-state index contributed by atoms with van der Waals surface area (Å²) < 4.78 is 0. The van der Waals surface area contributed by atoms with Gasteiger partial charge in [-0.1, -0.05) is 30.4 Å². The van der Waals surface area contributed by atoms with Gasteiger partial charge in [0.15, 0.2) is 0 Å². The maximum atomic E-state index is 6.70. The van der Waals surface area contributed by atoms with Gasteiger partial charge < -0.3 is 5.41 Å². The lowest BCUT2D eigenvalue weighted by atomic mass is 10.1. The molecule has 1 N–H and O–H groups in total. The van der Waals surface area contributed by atoms with Crippen LogP contribution in [0.1, 0.15) is 13.3 Å². The molecule has 0 rings (SSSR count). The fraction of sp³-hybridized carbons (Fsp3) is 0.222. The first-order chi connectivity index (χ1) is 4.66. The van der Waals surface area contributed by atoms with Crippen molar-refractivity contribution in [2.45, 2.75) is 13.3 Å². The van der Waals surface area contributed by atoms with Crippen molar-refractivity contribution in [1.29, 1.82) is 5.41 Å². The van der Waals surface area contributed by atoms with E-state index in [9.17, 15) is 0 Å². The second-order valence-electron chi connectivity index (χ2n) is 2.32. The smallest absolute Gasteiger partial charge is 0.0177 e. The van der Waals surface area contributed by atoms with Crippen molar-refractivity contribution in [3.05, 3.63) is 36.5 Å². The zero-order valence-corrected chi connectivity index (χ0v) is 6.35. The molecule has 0 aromatic rings. The summed E-state index contributed by atoms with van der Waals surface area (Å²) in [6.45, 7) is 9.49. The molecular formula is C9H13N. The molecule has 0 saturated heterocycles. The van der Waals surface area contributed by atoms with Gasteiger partial charge in [0.2, 0.25) is 0 Å². The minimum Gasteiger partial charge on any atom is -0.309 e. The van der Waals surface area contributed by atoms with Crippen molar-refractivity contribution < 1.29 is 0 Å². The van der Waals surface area contributed by atoms with Crippen LogP contribution in [0.3, 0.4) is 0 Å². The topological polar surface area (TPSA) is 23.9 Å². The molecule has 0 radical (unpaired) electrons. The van der Waals surface area contributed by atoms with Gasteiger partial charge in [-0.15, -0.1) is 0 Å². The van der Waals surface area contributed by atoms with Crippen LogP contribution in [0, 0.1) is 5.41 Å². The summed E-state index contributed by atoms with van der Waals surface area (Å²) in [6, 6.07) is 0. The van der Waals surface area contributed by atoms with E-state index in [-0.39, 0.29) is 0 Å². The summed E-state index contributed by atoms with van der Waals surface area (Å²) in [7, 11) is 0. The first kappa shape index (κ1) is 8.89. The summed E-state index contributed by atoms with van der Waals surface area (Å²) in [4.78, 5) is 0. The molecule has 0 spiro atoms. The maximum Gasteiger partial charge on any atom is 0.0177 e. The van der Waals surface area contributed by atoms with Crippen LogP contribution in [0.15, 0.2) is 36.5 Å². The van der Waals surface area contributed by atoms with E-state index < -0.39 is 0 Å². The van der Waals surface area contributed by atoms with Gasteiger partial charge in [0.1, 0.15) is 0 Å². The Kier molecular flexibility index (Phi) is 4.21. The highest BCUT2D eigenvalue weighted by atomic mass is 14.3. The molecule has 0 saturated carbocycles. The van der Waals surface area contributed by atoms with E-state index in [4.69, 9.17) is 5.41 Å². The normalized spacial score (nSPS) is 9.70. The minimum absolute atomic E-state index is 0.824. The quantitative estimate of drug-likeness (QED) is 0.348. The second-order valence-corrected chi connectivity index (χ2v) is 2.32. The van der Waals surface area contributed by atoms with Crippen molar-refractivity contribution in [2.75, 3.05) is 0 Å². The molecule has 54 valence electrons. The van der Waals surface area contributed by atoms with Crippen molar-refractivity contribution >= 4 is 6.21 Å². The van der Waals surface area contributed by atoms with E-state index in [0.29, 0.717) is 0 Å². The van der Waals surface area contributed by atoms with Crippen molar-refractivity contribution in [3.63, 3.8) is 0 Å². The maximum absolute atomic E-state index is 6.70. The third-order valence-electron chi connectivity index (χ3n) is 0.957. The Morgan fingerprint density at radius 2 is 2.10 bits per heavy atom. The van der Waals surface area contributed by atoms with Gasteiger partial charge >= 0.3 is 0 Å². The largest absolute Gasteiger partial charge is 0.309 e. The lowest BCUT2D eigenvalue weighted by molar-refractivity contribution is 1.17. The van der Waals surface area contributed by atoms with Crippen molar-refractivity contribution in [3.8, 4) is 0 Å². The summed E-state index contributed by atoms with van der Waals surface area (Å²) in [6.07, 6.45) is 5.54. The molecule has 0 aliphatic rings. The monoisotopic (exact) mass is 135 g/mol. The molecule has 1 heteroatoms. The van der Waals surface area contributed by atoms with Crippen LogP contribution >= 0.6 is 0 Å². The summed E-state index contributed by atoms with van der Waals surface area (Å²) >= 11 is 0. The molecule has 0 aromatic carbocycles. The highest BCUT2D eigenvalue weighted by molar-refractivity contribution is 5.68. The van der Waals surface area contributed by atoms with E-state index in [1.165, 1.54) is 6.21 Å². The van der Waals surface area contributed by atoms with Gasteiger partial charge in [0, 0.05) is 6.21 Å². The number of nitrogens with one attached hydrogen (secondary N) is 1. The molecule has 1 nitrogen and oxygen atoms in total. The Balaban J connectivity index is 3.75. The predicted molar refractivity (Wildman–Crippen MR) is 46.5 cm³/mol. The van der Waals surface area contributed by atoms with Crippen LogP contribution in [0.5, 0.6) is 0 Å².